The summed E-state index contributed by atoms with van der Waals surface area (Å²) < 4.78 is 0. The molecule has 0 aliphatic carbocycles. The van der Waals surface area contributed by atoms with Crippen LogP contribution in [0.1, 0.15) is 50.4 Å². The average Bonchev–Trinajstić information content (AvgIpc) is 2.53. The van der Waals surface area contributed by atoms with Crippen LogP contribution in [0.25, 0.3) is 0 Å². The third kappa shape index (κ3) is 5.48. The normalized spacial score (nSPS) is 13.3. The van der Waals surface area contributed by atoms with Gasteiger partial charge in [-0.25, -0.2) is 0 Å². The first-order valence-electron chi connectivity index (χ1n) is 7.84. The molecule has 2 atom stereocenters. The first-order chi connectivity index (χ1) is 10.5. The molecule has 0 spiro atoms. The van der Waals surface area contributed by atoms with Crippen LogP contribution in [0.2, 0.25) is 0 Å². The highest BCUT2D eigenvalue weighted by Crippen LogP contribution is 2.13. The van der Waals surface area contributed by atoms with Crippen molar-refractivity contribution in [3.63, 3.8) is 0 Å². The third-order valence-corrected chi connectivity index (χ3v) is 3.63. The van der Waals surface area contributed by atoms with Crippen LogP contribution in [0.3, 0.4) is 0 Å². The van der Waals surface area contributed by atoms with Crippen molar-refractivity contribution < 1.29 is 14.7 Å². The van der Waals surface area contributed by atoms with Gasteiger partial charge in [0.05, 0.1) is 12.6 Å². The highest BCUT2D eigenvalue weighted by Gasteiger charge is 2.13. The van der Waals surface area contributed by atoms with Crippen LogP contribution >= 0.6 is 0 Å². The summed E-state index contributed by atoms with van der Waals surface area (Å²) in [5, 5.41) is 14.7. The third-order valence-electron chi connectivity index (χ3n) is 3.63. The summed E-state index contributed by atoms with van der Waals surface area (Å²) in [6, 6.07) is 6.53. The van der Waals surface area contributed by atoms with Crippen LogP contribution in [0, 0.1) is 5.92 Å². The molecule has 0 heterocycles. The molecule has 1 rings (SSSR count). The quantitative estimate of drug-likeness (QED) is 0.690. The molecule has 3 N–H and O–H groups in total. The van der Waals surface area contributed by atoms with Gasteiger partial charge in [0.1, 0.15) is 0 Å². The standard InChI is InChI=1S/C17H26N2O3/c1-4-6-12(3)16(21)19-15-9-7-13(8-10-15)17(22)18-14(5-2)11-20/h7-10,12,14,20H,4-6,11H2,1-3H3,(H,18,22)(H,19,21). The number of carbonyl (C=O) groups excluding carboxylic acids is 2. The van der Waals surface area contributed by atoms with Gasteiger partial charge in [-0.05, 0) is 37.1 Å². The summed E-state index contributed by atoms with van der Waals surface area (Å²) in [4.78, 5) is 23.9. The Kier molecular flexibility index (Phi) is 7.60. The van der Waals surface area contributed by atoms with E-state index in [0.717, 1.165) is 12.8 Å². The van der Waals surface area contributed by atoms with Crippen molar-refractivity contribution in [3.05, 3.63) is 29.8 Å². The van der Waals surface area contributed by atoms with Crippen molar-refractivity contribution in [2.45, 2.75) is 46.1 Å². The van der Waals surface area contributed by atoms with Gasteiger partial charge in [-0.2, -0.15) is 0 Å². The lowest BCUT2D eigenvalue weighted by Gasteiger charge is -2.14. The minimum absolute atomic E-state index is 0.00891. The number of benzene rings is 1. The van der Waals surface area contributed by atoms with E-state index >= 15 is 0 Å². The number of hydrogen-bond donors (Lipinski definition) is 3. The molecular formula is C17H26N2O3. The number of anilines is 1. The summed E-state index contributed by atoms with van der Waals surface area (Å²) >= 11 is 0. The minimum Gasteiger partial charge on any atom is -0.394 e. The summed E-state index contributed by atoms with van der Waals surface area (Å²) in [6.07, 6.45) is 2.49. The van der Waals surface area contributed by atoms with E-state index in [-0.39, 0.29) is 30.4 Å². The van der Waals surface area contributed by atoms with E-state index in [1.807, 2.05) is 20.8 Å². The second kappa shape index (κ2) is 9.20. The number of aliphatic hydroxyl groups excluding tert-OH is 1. The molecule has 0 saturated heterocycles. The Labute approximate surface area is 132 Å². The van der Waals surface area contributed by atoms with Crippen LogP contribution in [-0.4, -0.2) is 29.6 Å². The number of hydrogen-bond acceptors (Lipinski definition) is 3. The van der Waals surface area contributed by atoms with Gasteiger partial charge in [0, 0.05) is 17.2 Å². The van der Waals surface area contributed by atoms with E-state index < -0.39 is 0 Å². The molecule has 2 amide bonds. The van der Waals surface area contributed by atoms with Crippen molar-refractivity contribution in [1.29, 1.82) is 0 Å². The number of rotatable bonds is 8. The van der Waals surface area contributed by atoms with E-state index in [0.29, 0.717) is 17.7 Å². The Morgan fingerprint density at radius 2 is 1.82 bits per heavy atom. The van der Waals surface area contributed by atoms with E-state index in [2.05, 4.69) is 10.6 Å². The number of amides is 2. The Morgan fingerprint density at radius 3 is 2.32 bits per heavy atom. The lowest BCUT2D eigenvalue weighted by Crippen LogP contribution is -2.36. The largest absolute Gasteiger partial charge is 0.394 e. The summed E-state index contributed by atoms with van der Waals surface area (Å²) in [7, 11) is 0. The van der Waals surface area contributed by atoms with Crippen molar-refractivity contribution in [2.75, 3.05) is 11.9 Å². The van der Waals surface area contributed by atoms with Crippen molar-refractivity contribution in [1.82, 2.24) is 5.32 Å². The predicted octanol–water partition coefficient (Wildman–Crippen LogP) is 2.56. The Morgan fingerprint density at radius 1 is 1.18 bits per heavy atom. The van der Waals surface area contributed by atoms with Gasteiger partial charge in [0.2, 0.25) is 5.91 Å². The average molecular weight is 306 g/mol. The van der Waals surface area contributed by atoms with Crippen LogP contribution in [0.5, 0.6) is 0 Å². The highest BCUT2D eigenvalue weighted by atomic mass is 16.3. The Hall–Kier alpha value is -1.88. The van der Waals surface area contributed by atoms with Crippen molar-refractivity contribution >= 4 is 17.5 Å². The molecule has 0 aliphatic heterocycles. The van der Waals surface area contributed by atoms with Crippen LogP contribution in [0.4, 0.5) is 5.69 Å². The maximum atomic E-state index is 12.0. The number of aliphatic hydroxyl groups is 1. The minimum atomic E-state index is -0.234. The predicted molar refractivity (Wildman–Crippen MR) is 87.8 cm³/mol. The van der Waals surface area contributed by atoms with E-state index in [1.54, 1.807) is 24.3 Å². The lowest BCUT2D eigenvalue weighted by atomic mass is 10.1. The summed E-state index contributed by atoms with van der Waals surface area (Å²) in [5.41, 5.74) is 1.19. The van der Waals surface area contributed by atoms with Gasteiger partial charge in [0.25, 0.3) is 5.91 Å². The summed E-state index contributed by atoms with van der Waals surface area (Å²) in [6.45, 7) is 5.77. The second-order valence-electron chi connectivity index (χ2n) is 5.52. The van der Waals surface area contributed by atoms with Crippen molar-refractivity contribution in [2.24, 2.45) is 5.92 Å². The molecule has 5 nitrogen and oxygen atoms in total. The van der Waals surface area contributed by atoms with Crippen LogP contribution in [-0.2, 0) is 4.79 Å². The SMILES string of the molecule is CCCC(C)C(=O)Nc1ccc(C(=O)NC(CC)CO)cc1. The maximum Gasteiger partial charge on any atom is 0.251 e. The fraction of sp³-hybridized carbons (Fsp3) is 0.529. The smallest absolute Gasteiger partial charge is 0.251 e. The second-order valence-corrected chi connectivity index (χ2v) is 5.52. The van der Waals surface area contributed by atoms with Crippen LogP contribution < -0.4 is 10.6 Å². The molecule has 22 heavy (non-hydrogen) atoms. The topological polar surface area (TPSA) is 78.4 Å². The maximum absolute atomic E-state index is 12.0. The molecule has 1 aromatic carbocycles. The van der Waals surface area contributed by atoms with E-state index in [1.165, 1.54) is 0 Å². The first-order valence-corrected chi connectivity index (χ1v) is 7.84. The zero-order valence-corrected chi connectivity index (χ0v) is 13.6. The summed E-state index contributed by atoms with van der Waals surface area (Å²) in [5.74, 6) is -0.258. The number of nitrogens with one attached hydrogen (secondary N) is 2. The molecule has 0 fully saturated rings. The fourth-order valence-corrected chi connectivity index (χ4v) is 2.08. The first kappa shape index (κ1) is 18.2. The molecule has 0 saturated carbocycles. The van der Waals surface area contributed by atoms with Gasteiger partial charge in [-0.15, -0.1) is 0 Å². The van der Waals surface area contributed by atoms with Gasteiger partial charge in [0.15, 0.2) is 0 Å². The molecule has 2 unspecified atom stereocenters. The molecular weight excluding hydrogens is 280 g/mol. The monoisotopic (exact) mass is 306 g/mol. The molecule has 1 aromatic rings. The highest BCUT2D eigenvalue weighted by molar-refractivity contribution is 5.96. The molecule has 5 heteroatoms. The zero-order valence-electron chi connectivity index (χ0n) is 13.6. The number of carbonyl (C=O) groups is 2. The van der Waals surface area contributed by atoms with Crippen molar-refractivity contribution in [3.8, 4) is 0 Å². The van der Waals surface area contributed by atoms with Gasteiger partial charge >= 0.3 is 0 Å². The van der Waals surface area contributed by atoms with Crippen LogP contribution in [0.15, 0.2) is 24.3 Å². The molecule has 0 bridgehead atoms. The fourth-order valence-electron chi connectivity index (χ4n) is 2.08. The van der Waals surface area contributed by atoms with E-state index in [9.17, 15) is 9.59 Å². The van der Waals surface area contributed by atoms with Gasteiger partial charge in [-0.1, -0.05) is 27.2 Å². The lowest BCUT2D eigenvalue weighted by molar-refractivity contribution is -0.119. The molecule has 0 radical (unpaired) electrons. The molecule has 122 valence electrons. The van der Waals surface area contributed by atoms with E-state index in [4.69, 9.17) is 5.11 Å². The zero-order chi connectivity index (χ0) is 16.5. The Balaban J connectivity index is 2.62. The Bertz CT molecular complexity index is 481. The molecule has 0 aromatic heterocycles. The van der Waals surface area contributed by atoms with Gasteiger partial charge < -0.3 is 15.7 Å². The van der Waals surface area contributed by atoms with Gasteiger partial charge in [-0.3, -0.25) is 9.59 Å². The molecule has 0 aliphatic rings.